The fourth-order valence-electron chi connectivity index (χ4n) is 2.98. The van der Waals surface area contributed by atoms with E-state index in [2.05, 4.69) is 10.2 Å². The number of anilines is 1. The maximum Gasteiger partial charge on any atom is 0.321 e. The molecule has 1 unspecified atom stereocenters. The van der Waals surface area contributed by atoms with Crippen LogP contribution in [0.5, 0.6) is 0 Å². The molecule has 2 aliphatic heterocycles. The Morgan fingerprint density at radius 1 is 1.32 bits per heavy atom. The third-order valence-corrected chi connectivity index (χ3v) is 4.46. The van der Waals surface area contributed by atoms with E-state index in [0.29, 0.717) is 11.1 Å². The molecule has 0 spiro atoms. The maximum absolute atomic E-state index is 12.3. The molecule has 120 valence electrons. The molecule has 1 aromatic carbocycles. The SMILES string of the molecule is O=C(Nc1cccc(Cl)c1)N1CCN(CC2CCCO2)CC1. The first-order chi connectivity index (χ1) is 10.7. The van der Waals surface area contributed by atoms with Gasteiger partial charge in [-0.25, -0.2) is 4.79 Å². The van der Waals surface area contributed by atoms with Crippen LogP contribution in [0.15, 0.2) is 24.3 Å². The molecule has 2 aliphatic rings. The number of hydrogen-bond donors (Lipinski definition) is 1. The molecule has 2 heterocycles. The van der Waals surface area contributed by atoms with Gasteiger partial charge in [-0.15, -0.1) is 0 Å². The summed E-state index contributed by atoms with van der Waals surface area (Å²) in [4.78, 5) is 16.5. The number of benzene rings is 1. The molecule has 5 nitrogen and oxygen atoms in total. The Kier molecular flexibility index (Phi) is 5.18. The fraction of sp³-hybridized carbons (Fsp3) is 0.562. The number of ether oxygens (including phenoxy) is 1. The van der Waals surface area contributed by atoms with Crippen LogP contribution in [-0.4, -0.2) is 61.3 Å². The molecule has 1 atom stereocenters. The molecule has 1 N–H and O–H groups in total. The lowest BCUT2D eigenvalue weighted by molar-refractivity contribution is 0.0572. The second-order valence-electron chi connectivity index (χ2n) is 5.86. The van der Waals surface area contributed by atoms with E-state index in [1.165, 1.54) is 6.42 Å². The molecule has 0 radical (unpaired) electrons. The zero-order valence-corrected chi connectivity index (χ0v) is 13.4. The number of nitrogens with one attached hydrogen (secondary N) is 1. The summed E-state index contributed by atoms with van der Waals surface area (Å²) in [6.07, 6.45) is 2.72. The van der Waals surface area contributed by atoms with Crippen molar-refractivity contribution in [2.45, 2.75) is 18.9 Å². The number of rotatable bonds is 3. The molecule has 0 aromatic heterocycles. The number of carbonyl (C=O) groups is 1. The lowest BCUT2D eigenvalue weighted by Gasteiger charge is -2.35. The van der Waals surface area contributed by atoms with Crippen LogP contribution in [0.1, 0.15) is 12.8 Å². The van der Waals surface area contributed by atoms with Gasteiger partial charge in [-0.2, -0.15) is 0 Å². The minimum absolute atomic E-state index is 0.0565. The minimum atomic E-state index is -0.0565. The Morgan fingerprint density at radius 2 is 2.14 bits per heavy atom. The first-order valence-electron chi connectivity index (χ1n) is 7.86. The highest BCUT2D eigenvalue weighted by molar-refractivity contribution is 6.30. The summed E-state index contributed by atoms with van der Waals surface area (Å²) in [6, 6.07) is 7.17. The molecule has 0 aliphatic carbocycles. The Labute approximate surface area is 136 Å². The van der Waals surface area contributed by atoms with Gasteiger partial charge in [0.2, 0.25) is 0 Å². The zero-order valence-electron chi connectivity index (χ0n) is 12.6. The monoisotopic (exact) mass is 323 g/mol. The minimum Gasteiger partial charge on any atom is -0.377 e. The van der Waals surface area contributed by atoms with Gasteiger partial charge in [0.1, 0.15) is 0 Å². The summed E-state index contributed by atoms with van der Waals surface area (Å²) in [6.45, 7) is 5.19. The predicted molar refractivity (Wildman–Crippen MR) is 87.5 cm³/mol. The molecule has 0 bridgehead atoms. The Balaban J connectivity index is 1.45. The van der Waals surface area contributed by atoms with Gasteiger partial charge in [0.25, 0.3) is 0 Å². The summed E-state index contributed by atoms with van der Waals surface area (Å²) in [5.74, 6) is 0. The number of hydrogen-bond acceptors (Lipinski definition) is 3. The Bertz CT molecular complexity index is 512. The van der Waals surface area contributed by atoms with Crippen LogP contribution in [0.3, 0.4) is 0 Å². The van der Waals surface area contributed by atoms with Gasteiger partial charge in [0, 0.05) is 50.0 Å². The predicted octanol–water partition coefficient (Wildman–Crippen LogP) is 2.67. The summed E-state index contributed by atoms with van der Waals surface area (Å²) in [5.41, 5.74) is 0.735. The molecule has 2 amide bonds. The molecule has 22 heavy (non-hydrogen) atoms. The van der Waals surface area contributed by atoms with E-state index < -0.39 is 0 Å². The van der Waals surface area contributed by atoms with E-state index in [-0.39, 0.29) is 6.03 Å². The van der Waals surface area contributed by atoms with Crippen LogP contribution >= 0.6 is 11.6 Å². The highest BCUT2D eigenvalue weighted by Crippen LogP contribution is 2.17. The van der Waals surface area contributed by atoms with Crippen molar-refractivity contribution in [2.24, 2.45) is 0 Å². The standard InChI is InChI=1S/C16H22ClN3O2/c17-13-3-1-4-14(11-13)18-16(21)20-8-6-19(7-9-20)12-15-5-2-10-22-15/h1,3-4,11,15H,2,5-10,12H2,(H,18,21). The highest BCUT2D eigenvalue weighted by atomic mass is 35.5. The van der Waals surface area contributed by atoms with Crippen molar-refractivity contribution in [3.05, 3.63) is 29.3 Å². The van der Waals surface area contributed by atoms with Crippen LogP contribution < -0.4 is 5.32 Å². The number of urea groups is 1. The number of amides is 2. The van der Waals surface area contributed by atoms with Crippen molar-refractivity contribution in [1.82, 2.24) is 9.80 Å². The molecule has 6 heteroatoms. The third-order valence-electron chi connectivity index (χ3n) is 4.22. The van der Waals surface area contributed by atoms with Gasteiger partial charge in [0.05, 0.1) is 6.10 Å². The van der Waals surface area contributed by atoms with Crippen molar-refractivity contribution in [2.75, 3.05) is 44.6 Å². The number of nitrogens with zero attached hydrogens (tertiary/aromatic N) is 2. The lowest BCUT2D eigenvalue weighted by atomic mass is 10.2. The van der Waals surface area contributed by atoms with E-state index >= 15 is 0 Å². The Hall–Kier alpha value is -1.30. The maximum atomic E-state index is 12.3. The number of carbonyl (C=O) groups excluding carboxylic acids is 1. The lowest BCUT2D eigenvalue weighted by Crippen LogP contribution is -2.51. The molecule has 1 aromatic rings. The first-order valence-corrected chi connectivity index (χ1v) is 8.24. The van der Waals surface area contributed by atoms with Crippen LogP contribution in [0.2, 0.25) is 5.02 Å². The first kappa shape index (κ1) is 15.6. The van der Waals surface area contributed by atoms with Gasteiger partial charge >= 0.3 is 6.03 Å². The van der Waals surface area contributed by atoms with Crippen molar-refractivity contribution in [3.63, 3.8) is 0 Å². The molecular weight excluding hydrogens is 302 g/mol. The van der Waals surface area contributed by atoms with Crippen LogP contribution in [0.25, 0.3) is 0 Å². The van der Waals surface area contributed by atoms with Gasteiger partial charge in [-0.3, -0.25) is 4.90 Å². The normalized spacial score (nSPS) is 22.8. The van der Waals surface area contributed by atoms with E-state index in [9.17, 15) is 4.79 Å². The van der Waals surface area contributed by atoms with Crippen LogP contribution in [-0.2, 0) is 4.74 Å². The number of halogens is 1. The van der Waals surface area contributed by atoms with Crippen molar-refractivity contribution < 1.29 is 9.53 Å². The molecule has 2 saturated heterocycles. The van der Waals surface area contributed by atoms with Crippen molar-refractivity contribution >= 4 is 23.3 Å². The van der Waals surface area contributed by atoms with E-state index in [1.807, 2.05) is 17.0 Å². The molecular formula is C16H22ClN3O2. The van der Waals surface area contributed by atoms with Gasteiger partial charge in [-0.05, 0) is 31.0 Å². The van der Waals surface area contributed by atoms with Crippen molar-refractivity contribution in [3.8, 4) is 0 Å². The smallest absolute Gasteiger partial charge is 0.321 e. The summed E-state index contributed by atoms with van der Waals surface area (Å²) in [5, 5.41) is 3.52. The second kappa shape index (κ2) is 7.31. The van der Waals surface area contributed by atoms with Crippen molar-refractivity contribution in [1.29, 1.82) is 0 Å². The van der Waals surface area contributed by atoms with E-state index in [1.54, 1.807) is 12.1 Å². The average molecular weight is 324 g/mol. The van der Waals surface area contributed by atoms with Crippen LogP contribution in [0, 0.1) is 0 Å². The van der Waals surface area contributed by atoms with E-state index in [0.717, 1.165) is 51.4 Å². The Morgan fingerprint density at radius 3 is 2.82 bits per heavy atom. The van der Waals surface area contributed by atoms with Gasteiger partial charge in [0.15, 0.2) is 0 Å². The van der Waals surface area contributed by atoms with Gasteiger partial charge in [-0.1, -0.05) is 17.7 Å². The zero-order chi connectivity index (χ0) is 15.4. The second-order valence-corrected chi connectivity index (χ2v) is 6.30. The third kappa shape index (κ3) is 4.12. The summed E-state index contributed by atoms with van der Waals surface area (Å²) < 4.78 is 5.67. The largest absolute Gasteiger partial charge is 0.377 e. The molecule has 3 rings (SSSR count). The van der Waals surface area contributed by atoms with Crippen LogP contribution in [0.4, 0.5) is 10.5 Å². The summed E-state index contributed by atoms with van der Waals surface area (Å²) >= 11 is 5.93. The van der Waals surface area contributed by atoms with E-state index in [4.69, 9.17) is 16.3 Å². The topological polar surface area (TPSA) is 44.8 Å². The fourth-order valence-corrected chi connectivity index (χ4v) is 3.17. The summed E-state index contributed by atoms with van der Waals surface area (Å²) in [7, 11) is 0. The van der Waals surface area contributed by atoms with Gasteiger partial charge < -0.3 is 15.0 Å². The quantitative estimate of drug-likeness (QED) is 0.930. The average Bonchev–Trinajstić information content (AvgIpc) is 3.01. The number of piperazine rings is 1. The molecule has 0 saturated carbocycles. The highest BCUT2D eigenvalue weighted by Gasteiger charge is 2.24. The molecule has 2 fully saturated rings.